The number of aliphatic hydroxyl groups is 1. The molecule has 1 aliphatic heterocycles. The van der Waals surface area contributed by atoms with Crippen molar-refractivity contribution >= 4 is 27.9 Å². The highest BCUT2D eigenvalue weighted by atomic mass is 79.9. The molecule has 0 bridgehead atoms. The molecule has 1 aromatic rings. The van der Waals surface area contributed by atoms with Gasteiger partial charge in [-0.15, -0.1) is 0 Å². The fourth-order valence-electron chi connectivity index (χ4n) is 2.13. The Balaban J connectivity index is 1.87. The number of rotatable bonds is 4. The van der Waals surface area contributed by atoms with Crippen molar-refractivity contribution < 1.29 is 14.3 Å². The van der Waals surface area contributed by atoms with Gasteiger partial charge in [0.05, 0.1) is 0 Å². The molecule has 4 nitrogen and oxygen atoms in total. The first-order valence-electron chi connectivity index (χ1n) is 6.02. The SMILES string of the molecule is O=C(/C=C/c1ccc(Br)o1)N1CCC(CCO)C1. The predicted octanol–water partition coefficient (Wildman–Crippen LogP) is 2.29. The quantitative estimate of drug-likeness (QED) is 0.868. The fraction of sp³-hybridized carbons (Fsp3) is 0.462. The Bertz CT molecular complexity index is 441. The minimum absolute atomic E-state index is 0.00274. The predicted molar refractivity (Wildman–Crippen MR) is 71.8 cm³/mol. The molecule has 1 aromatic heterocycles. The lowest BCUT2D eigenvalue weighted by Crippen LogP contribution is -2.26. The van der Waals surface area contributed by atoms with Gasteiger partial charge in [0.25, 0.3) is 0 Å². The minimum Gasteiger partial charge on any atom is -0.450 e. The van der Waals surface area contributed by atoms with E-state index in [2.05, 4.69) is 15.9 Å². The van der Waals surface area contributed by atoms with E-state index in [1.54, 1.807) is 18.2 Å². The molecule has 1 amide bonds. The summed E-state index contributed by atoms with van der Waals surface area (Å²) in [5.41, 5.74) is 0. The highest BCUT2D eigenvalue weighted by molar-refractivity contribution is 9.10. The van der Waals surface area contributed by atoms with Gasteiger partial charge in [0.2, 0.25) is 5.91 Å². The maximum Gasteiger partial charge on any atom is 0.246 e. The zero-order valence-corrected chi connectivity index (χ0v) is 11.6. The second kappa shape index (κ2) is 6.20. The van der Waals surface area contributed by atoms with Crippen molar-refractivity contribution in [2.24, 2.45) is 5.92 Å². The van der Waals surface area contributed by atoms with Crippen LogP contribution in [0.5, 0.6) is 0 Å². The summed E-state index contributed by atoms with van der Waals surface area (Å²) < 4.78 is 5.93. The van der Waals surface area contributed by atoms with Crippen molar-refractivity contribution in [2.45, 2.75) is 12.8 Å². The summed E-state index contributed by atoms with van der Waals surface area (Å²) in [5, 5.41) is 8.87. The van der Waals surface area contributed by atoms with Crippen LogP contribution in [0, 0.1) is 5.92 Å². The van der Waals surface area contributed by atoms with E-state index in [1.807, 2.05) is 4.90 Å². The molecular formula is C13H16BrNO3. The van der Waals surface area contributed by atoms with Crippen molar-refractivity contribution in [1.29, 1.82) is 0 Å². The van der Waals surface area contributed by atoms with Crippen molar-refractivity contribution in [3.8, 4) is 0 Å². The van der Waals surface area contributed by atoms with Crippen molar-refractivity contribution in [3.05, 3.63) is 28.6 Å². The molecule has 1 unspecified atom stereocenters. The van der Waals surface area contributed by atoms with Gasteiger partial charge in [-0.25, -0.2) is 0 Å². The Labute approximate surface area is 114 Å². The van der Waals surface area contributed by atoms with Gasteiger partial charge < -0.3 is 14.4 Å². The van der Waals surface area contributed by atoms with Crippen molar-refractivity contribution in [3.63, 3.8) is 0 Å². The van der Waals surface area contributed by atoms with Crippen LogP contribution in [0.1, 0.15) is 18.6 Å². The third-order valence-corrected chi connectivity index (χ3v) is 3.55. The molecule has 1 aliphatic rings. The number of hydrogen-bond donors (Lipinski definition) is 1. The molecular weight excluding hydrogens is 298 g/mol. The Kier molecular flexibility index (Phi) is 4.60. The van der Waals surface area contributed by atoms with Crippen molar-refractivity contribution in [1.82, 2.24) is 4.90 Å². The first-order chi connectivity index (χ1) is 8.69. The van der Waals surface area contributed by atoms with E-state index >= 15 is 0 Å². The number of amides is 1. The molecule has 0 spiro atoms. The lowest BCUT2D eigenvalue weighted by atomic mass is 10.1. The van der Waals surface area contributed by atoms with Gasteiger partial charge in [0, 0.05) is 25.8 Å². The number of likely N-dealkylation sites (tertiary alicyclic amines) is 1. The molecule has 5 heteroatoms. The summed E-state index contributed by atoms with van der Waals surface area (Å²) >= 11 is 3.21. The van der Waals surface area contributed by atoms with Gasteiger partial charge >= 0.3 is 0 Å². The number of carbonyl (C=O) groups excluding carboxylic acids is 1. The van der Waals surface area contributed by atoms with Crippen LogP contribution in [-0.2, 0) is 4.79 Å². The smallest absolute Gasteiger partial charge is 0.246 e. The summed E-state index contributed by atoms with van der Waals surface area (Å²) in [5.74, 6) is 1.09. The van der Waals surface area contributed by atoms with Gasteiger partial charge in [0.1, 0.15) is 5.76 Å². The van der Waals surface area contributed by atoms with Crippen molar-refractivity contribution in [2.75, 3.05) is 19.7 Å². The Hall–Kier alpha value is -1.07. The third kappa shape index (κ3) is 3.46. The molecule has 1 fully saturated rings. The van der Waals surface area contributed by atoms with Gasteiger partial charge in [-0.2, -0.15) is 0 Å². The van der Waals surface area contributed by atoms with E-state index in [0.717, 1.165) is 25.9 Å². The maximum atomic E-state index is 11.9. The van der Waals surface area contributed by atoms with Gasteiger partial charge in [0.15, 0.2) is 4.67 Å². The minimum atomic E-state index is 0.00274. The van der Waals surface area contributed by atoms with E-state index in [9.17, 15) is 4.79 Å². The first kappa shape index (κ1) is 13.4. The zero-order chi connectivity index (χ0) is 13.0. The molecule has 1 atom stereocenters. The molecule has 18 heavy (non-hydrogen) atoms. The Morgan fingerprint density at radius 2 is 2.44 bits per heavy atom. The normalized spacial score (nSPS) is 19.9. The monoisotopic (exact) mass is 313 g/mol. The zero-order valence-electron chi connectivity index (χ0n) is 10.0. The molecule has 2 heterocycles. The summed E-state index contributed by atoms with van der Waals surface area (Å²) in [6, 6.07) is 3.59. The molecule has 0 aromatic carbocycles. The highest BCUT2D eigenvalue weighted by Crippen LogP contribution is 2.20. The van der Waals surface area contributed by atoms with Gasteiger partial charge in [-0.05, 0) is 52.9 Å². The highest BCUT2D eigenvalue weighted by Gasteiger charge is 2.24. The van der Waals surface area contributed by atoms with Crippen LogP contribution in [0.3, 0.4) is 0 Å². The second-order valence-corrected chi connectivity index (χ2v) is 5.21. The summed E-state index contributed by atoms with van der Waals surface area (Å²) in [7, 11) is 0. The number of nitrogens with zero attached hydrogens (tertiary/aromatic N) is 1. The molecule has 0 radical (unpaired) electrons. The van der Waals surface area contributed by atoms with Crippen LogP contribution >= 0.6 is 15.9 Å². The van der Waals surface area contributed by atoms with E-state index in [0.29, 0.717) is 16.3 Å². The van der Waals surface area contributed by atoms with Crippen LogP contribution in [0.25, 0.3) is 6.08 Å². The molecule has 98 valence electrons. The maximum absolute atomic E-state index is 11.9. The topological polar surface area (TPSA) is 53.7 Å². The van der Waals surface area contributed by atoms with E-state index < -0.39 is 0 Å². The van der Waals surface area contributed by atoms with Crippen LogP contribution < -0.4 is 0 Å². The number of carbonyl (C=O) groups is 1. The standard InChI is InChI=1S/C13H16BrNO3/c14-12-3-1-11(18-12)2-4-13(17)15-7-5-10(9-15)6-8-16/h1-4,10,16H,5-9H2/b4-2+. The Morgan fingerprint density at radius 1 is 1.61 bits per heavy atom. The summed E-state index contributed by atoms with van der Waals surface area (Å²) in [6.45, 7) is 1.71. The average Bonchev–Trinajstić information content (AvgIpc) is 2.96. The van der Waals surface area contributed by atoms with Crippen LogP contribution in [-0.4, -0.2) is 35.6 Å². The molecule has 0 aliphatic carbocycles. The molecule has 1 N–H and O–H groups in total. The lowest BCUT2D eigenvalue weighted by Gasteiger charge is -2.13. The Morgan fingerprint density at radius 3 is 3.11 bits per heavy atom. The van der Waals surface area contributed by atoms with Crippen LogP contribution in [0.15, 0.2) is 27.3 Å². The second-order valence-electron chi connectivity index (χ2n) is 4.43. The number of aliphatic hydroxyl groups excluding tert-OH is 1. The number of hydrogen-bond acceptors (Lipinski definition) is 3. The molecule has 2 rings (SSSR count). The number of halogens is 1. The summed E-state index contributed by atoms with van der Waals surface area (Å²) in [6.07, 6.45) is 4.96. The molecule has 0 saturated carbocycles. The fourth-order valence-corrected chi connectivity index (χ4v) is 2.45. The third-order valence-electron chi connectivity index (χ3n) is 3.12. The first-order valence-corrected chi connectivity index (χ1v) is 6.81. The van der Waals surface area contributed by atoms with Crippen LogP contribution in [0.2, 0.25) is 0 Å². The van der Waals surface area contributed by atoms with E-state index in [-0.39, 0.29) is 12.5 Å². The average molecular weight is 314 g/mol. The number of furan rings is 1. The lowest BCUT2D eigenvalue weighted by molar-refractivity contribution is -0.125. The van der Waals surface area contributed by atoms with E-state index in [4.69, 9.17) is 9.52 Å². The summed E-state index contributed by atoms with van der Waals surface area (Å²) in [4.78, 5) is 13.7. The van der Waals surface area contributed by atoms with E-state index in [1.165, 1.54) is 6.08 Å². The largest absolute Gasteiger partial charge is 0.450 e. The van der Waals surface area contributed by atoms with Crippen LogP contribution in [0.4, 0.5) is 0 Å². The molecule has 1 saturated heterocycles. The van der Waals surface area contributed by atoms with Gasteiger partial charge in [-0.3, -0.25) is 4.79 Å². The van der Waals surface area contributed by atoms with Gasteiger partial charge in [-0.1, -0.05) is 0 Å².